The van der Waals surface area contributed by atoms with E-state index in [4.69, 9.17) is 0 Å². The van der Waals surface area contributed by atoms with Crippen LogP contribution in [0, 0.1) is 17.2 Å². The van der Waals surface area contributed by atoms with Crippen LogP contribution in [0.2, 0.25) is 0 Å². The Labute approximate surface area is 83.6 Å². The smallest absolute Gasteiger partial charge is 0.134 e. The van der Waals surface area contributed by atoms with Gasteiger partial charge >= 0.3 is 0 Å². The van der Waals surface area contributed by atoms with E-state index in [1.165, 1.54) is 0 Å². The predicted octanol–water partition coefficient (Wildman–Crippen LogP) is 1.71. The Morgan fingerprint density at radius 2 is 1.93 bits per heavy atom. The Balaban J connectivity index is 2.24. The lowest BCUT2D eigenvalue weighted by molar-refractivity contribution is 0.221. The fraction of sp³-hybridized carbons (Fsp3) is 0.700. The molecule has 1 saturated carbocycles. The first kappa shape index (κ1) is 9.20. The van der Waals surface area contributed by atoms with Gasteiger partial charge in [0, 0.05) is 0 Å². The topological polar surface area (TPSA) is 54.5 Å². The lowest BCUT2D eigenvalue weighted by atomic mass is 9.78. The summed E-state index contributed by atoms with van der Waals surface area (Å²) in [6.45, 7) is 2.24. The first-order valence-electron chi connectivity index (χ1n) is 5.03. The van der Waals surface area contributed by atoms with E-state index in [2.05, 4.69) is 23.2 Å². The van der Waals surface area contributed by atoms with Gasteiger partial charge in [0.15, 0.2) is 0 Å². The number of hydrogen-bond donors (Lipinski definition) is 0. The minimum absolute atomic E-state index is 0.379. The molecule has 0 N–H and O–H groups in total. The van der Waals surface area contributed by atoms with Crippen LogP contribution in [0.3, 0.4) is 0 Å². The predicted molar refractivity (Wildman–Crippen MR) is 51.2 cm³/mol. The molecule has 0 radical (unpaired) electrons. The van der Waals surface area contributed by atoms with Gasteiger partial charge in [-0.25, -0.2) is 0 Å². The Kier molecular flexibility index (Phi) is 2.24. The van der Waals surface area contributed by atoms with Crippen molar-refractivity contribution in [3.05, 3.63) is 12.7 Å². The monoisotopic (exact) mass is 190 g/mol. The van der Waals surface area contributed by atoms with Crippen LogP contribution in [0.25, 0.3) is 0 Å². The third-order valence-electron chi connectivity index (χ3n) is 3.22. The molecule has 1 fully saturated rings. The van der Waals surface area contributed by atoms with Crippen LogP contribution in [-0.4, -0.2) is 14.8 Å². The third-order valence-corrected chi connectivity index (χ3v) is 3.22. The molecule has 0 spiro atoms. The van der Waals surface area contributed by atoms with E-state index in [0.717, 1.165) is 31.6 Å². The third kappa shape index (κ3) is 1.39. The van der Waals surface area contributed by atoms with Crippen molar-refractivity contribution in [2.45, 2.75) is 38.1 Å². The molecule has 1 aliphatic carbocycles. The summed E-state index contributed by atoms with van der Waals surface area (Å²) >= 11 is 0. The summed E-state index contributed by atoms with van der Waals surface area (Å²) in [4.78, 5) is 0. The summed E-state index contributed by atoms with van der Waals surface area (Å²) in [6.07, 6.45) is 7.38. The van der Waals surface area contributed by atoms with Gasteiger partial charge in [0.2, 0.25) is 0 Å². The number of nitriles is 1. The van der Waals surface area contributed by atoms with Crippen molar-refractivity contribution >= 4 is 0 Å². The largest absolute Gasteiger partial charge is 0.301 e. The molecule has 0 unspecified atom stereocenters. The first-order valence-corrected chi connectivity index (χ1v) is 5.03. The maximum atomic E-state index is 9.27. The molecule has 1 aromatic heterocycles. The van der Waals surface area contributed by atoms with E-state index >= 15 is 0 Å². The second kappa shape index (κ2) is 3.41. The summed E-state index contributed by atoms with van der Waals surface area (Å²) < 4.78 is 1.86. The average Bonchev–Trinajstić information content (AvgIpc) is 2.73. The summed E-state index contributed by atoms with van der Waals surface area (Å²) in [6, 6.07) is 2.42. The molecule has 2 rings (SSSR count). The van der Waals surface area contributed by atoms with Gasteiger partial charge in [-0.2, -0.15) is 5.26 Å². The Hall–Kier alpha value is -1.37. The van der Waals surface area contributed by atoms with Crippen molar-refractivity contribution in [1.82, 2.24) is 14.8 Å². The molecule has 0 aromatic carbocycles. The van der Waals surface area contributed by atoms with Crippen LogP contribution < -0.4 is 0 Å². The van der Waals surface area contributed by atoms with E-state index in [-0.39, 0.29) is 5.54 Å². The van der Waals surface area contributed by atoms with E-state index in [1.54, 1.807) is 12.7 Å². The average molecular weight is 190 g/mol. The molecule has 0 amide bonds. The van der Waals surface area contributed by atoms with Crippen molar-refractivity contribution in [2.24, 2.45) is 5.92 Å². The molecular formula is C10H14N4. The first-order chi connectivity index (χ1) is 6.77. The summed E-state index contributed by atoms with van der Waals surface area (Å²) in [5.41, 5.74) is -0.379. The van der Waals surface area contributed by atoms with Crippen molar-refractivity contribution in [2.75, 3.05) is 0 Å². The quantitative estimate of drug-likeness (QED) is 0.677. The molecule has 0 aliphatic heterocycles. The number of aromatic nitrogens is 3. The number of nitrogens with zero attached hydrogens (tertiary/aromatic N) is 4. The van der Waals surface area contributed by atoms with Gasteiger partial charge in [0.1, 0.15) is 18.2 Å². The molecule has 4 nitrogen and oxygen atoms in total. The van der Waals surface area contributed by atoms with E-state index in [1.807, 2.05) is 4.57 Å². The SMILES string of the molecule is CC1CCC(C#N)(n2cnnc2)CC1. The van der Waals surface area contributed by atoms with Gasteiger partial charge in [-0.05, 0) is 31.6 Å². The Morgan fingerprint density at radius 1 is 1.36 bits per heavy atom. The zero-order valence-corrected chi connectivity index (χ0v) is 8.35. The summed E-state index contributed by atoms with van der Waals surface area (Å²) in [5.74, 6) is 0.743. The van der Waals surface area contributed by atoms with Crippen molar-refractivity contribution in [1.29, 1.82) is 5.26 Å². The standard InChI is InChI=1S/C10H14N4/c1-9-2-4-10(6-11,5-3-9)14-7-12-13-8-14/h7-9H,2-5H2,1H3. The highest BCUT2D eigenvalue weighted by molar-refractivity contribution is 5.07. The van der Waals surface area contributed by atoms with Crippen molar-refractivity contribution < 1.29 is 0 Å². The van der Waals surface area contributed by atoms with Crippen LogP contribution >= 0.6 is 0 Å². The highest BCUT2D eigenvalue weighted by atomic mass is 15.3. The van der Waals surface area contributed by atoms with E-state index in [9.17, 15) is 5.26 Å². The second-order valence-electron chi connectivity index (χ2n) is 4.20. The Bertz CT molecular complexity index is 328. The lowest BCUT2D eigenvalue weighted by Gasteiger charge is -2.34. The summed E-state index contributed by atoms with van der Waals surface area (Å²) in [7, 11) is 0. The van der Waals surface area contributed by atoms with Crippen molar-refractivity contribution in [3.63, 3.8) is 0 Å². The van der Waals surface area contributed by atoms with Gasteiger partial charge in [-0.3, -0.25) is 0 Å². The minimum Gasteiger partial charge on any atom is -0.301 e. The molecule has 0 atom stereocenters. The molecule has 0 bridgehead atoms. The van der Waals surface area contributed by atoms with Gasteiger partial charge < -0.3 is 4.57 Å². The van der Waals surface area contributed by atoms with Gasteiger partial charge in [-0.15, -0.1) is 10.2 Å². The lowest BCUT2D eigenvalue weighted by Crippen LogP contribution is -2.35. The van der Waals surface area contributed by atoms with Gasteiger partial charge in [0.05, 0.1) is 6.07 Å². The molecule has 14 heavy (non-hydrogen) atoms. The Morgan fingerprint density at radius 3 is 2.43 bits per heavy atom. The molecule has 1 aliphatic rings. The van der Waals surface area contributed by atoms with Gasteiger partial charge in [0.25, 0.3) is 0 Å². The zero-order chi connectivity index (χ0) is 10.0. The van der Waals surface area contributed by atoms with Crippen molar-refractivity contribution in [3.8, 4) is 6.07 Å². The normalized spacial score (nSPS) is 32.4. The fourth-order valence-corrected chi connectivity index (χ4v) is 2.09. The van der Waals surface area contributed by atoms with E-state index < -0.39 is 0 Å². The molecular weight excluding hydrogens is 176 g/mol. The zero-order valence-electron chi connectivity index (χ0n) is 8.35. The highest BCUT2D eigenvalue weighted by Gasteiger charge is 2.35. The van der Waals surface area contributed by atoms with Crippen LogP contribution in [0.15, 0.2) is 12.7 Å². The molecule has 1 heterocycles. The maximum absolute atomic E-state index is 9.27. The number of rotatable bonds is 1. The van der Waals surface area contributed by atoms with Crippen LogP contribution in [0.1, 0.15) is 32.6 Å². The highest BCUT2D eigenvalue weighted by Crippen LogP contribution is 2.36. The second-order valence-corrected chi connectivity index (χ2v) is 4.20. The molecule has 74 valence electrons. The molecule has 0 saturated heterocycles. The molecule has 1 aromatic rings. The molecule has 4 heteroatoms. The minimum atomic E-state index is -0.379. The summed E-state index contributed by atoms with van der Waals surface area (Å²) in [5, 5.41) is 16.8. The van der Waals surface area contributed by atoms with Crippen LogP contribution in [0.5, 0.6) is 0 Å². The fourth-order valence-electron chi connectivity index (χ4n) is 2.09. The maximum Gasteiger partial charge on any atom is 0.134 e. The van der Waals surface area contributed by atoms with Gasteiger partial charge in [-0.1, -0.05) is 6.92 Å². The van der Waals surface area contributed by atoms with Crippen LogP contribution in [0.4, 0.5) is 0 Å². The van der Waals surface area contributed by atoms with E-state index in [0.29, 0.717) is 0 Å². The number of hydrogen-bond acceptors (Lipinski definition) is 3. The van der Waals surface area contributed by atoms with Crippen LogP contribution in [-0.2, 0) is 5.54 Å².